The number of fused-ring (bicyclic) bond motifs is 1. The molecule has 0 bridgehead atoms. The molecule has 2 amide bonds. The SMILES string of the molecule is O=C(Nc1cccc2ccccc12)N[C@H]1CCC[C@@H](OCC(F)(F)F)C1. The molecule has 0 aromatic heterocycles. The lowest BCUT2D eigenvalue weighted by Gasteiger charge is -2.30. The summed E-state index contributed by atoms with van der Waals surface area (Å²) in [5.41, 5.74) is 0.696. The van der Waals surface area contributed by atoms with E-state index in [4.69, 9.17) is 4.74 Å². The molecule has 3 rings (SSSR count). The second-order valence-corrected chi connectivity index (χ2v) is 6.54. The number of amides is 2. The number of rotatable bonds is 4. The molecule has 2 aromatic rings. The smallest absolute Gasteiger partial charge is 0.369 e. The number of urea groups is 1. The van der Waals surface area contributed by atoms with Crippen LogP contribution in [0.4, 0.5) is 23.7 Å². The Labute approximate surface area is 149 Å². The van der Waals surface area contributed by atoms with E-state index in [0.717, 1.165) is 23.6 Å². The molecule has 4 nitrogen and oxygen atoms in total. The molecule has 0 radical (unpaired) electrons. The Bertz CT molecular complexity index is 759. The lowest BCUT2D eigenvalue weighted by atomic mass is 9.93. The number of halogens is 3. The Hall–Kier alpha value is -2.28. The van der Waals surface area contributed by atoms with Crippen LogP contribution in [0.5, 0.6) is 0 Å². The van der Waals surface area contributed by atoms with E-state index in [-0.39, 0.29) is 12.1 Å². The van der Waals surface area contributed by atoms with Crippen molar-refractivity contribution in [3.8, 4) is 0 Å². The van der Waals surface area contributed by atoms with Crippen LogP contribution in [-0.2, 0) is 4.74 Å². The Morgan fingerprint density at radius 2 is 1.88 bits per heavy atom. The summed E-state index contributed by atoms with van der Waals surface area (Å²) >= 11 is 0. The molecule has 1 fully saturated rings. The highest BCUT2D eigenvalue weighted by Gasteiger charge is 2.31. The first-order valence-corrected chi connectivity index (χ1v) is 8.64. The minimum absolute atomic E-state index is 0.197. The number of carbonyl (C=O) groups is 1. The Kier molecular flexibility index (Phi) is 5.66. The quantitative estimate of drug-likeness (QED) is 0.813. The van der Waals surface area contributed by atoms with Gasteiger partial charge in [-0.25, -0.2) is 4.79 Å². The number of carbonyl (C=O) groups excluding carboxylic acids is 1. The topological polar surface area (TPSA) is 50.4 Å². The van der Waals surface area contributed by atoms with Crippen LogP contribution in [0.25, 0.3) is 10.8 Å². The summed E-state index contributed by atoms with van der Waals surface area (Å²) in [4.78, 5) is 12.3. The van der Waals surface area contributed by atoms with Gasteiger partial charge in [0.2, 0.25) is 0 Å². The van der Waals surface area contributed by atoms with E-state index < -0.39 is 18.9 Å². The zero-order valence-corrected chi connectivity index (χ0v) is 14.2. The Balaban J connectivity index is 1.56. The zero-order chi connectivity index (χ0) is 18.6. The maximum Gasteiger partial charge on any atom is 0.411 e. The van der Waals surface area contributed by atoms with Crippen molar-refractivity contribution in [1.82, 2.24) is 5.32 Å². The summed E-state index contributed by atoms with van der Waals surface area (Å²) < 4.78 is 41.8. The number of hydrogen-bond acceptors (Lipinski definition) is 2. The maximum absolute atomic E-state index is 12.3. The van der Waals surface area contributed by atoms with Gasteiger partial charge in [0.05, 0.1) is 11.8 Å². The molecule has 0 saturated heterocycles. The normalized spacial score (nSPS) is 20.7. The molecule has 1 aliphatic rings. The molecule has 0 unspecified atom stereocenters. The first-order valence-electron chi connectivity index (χ1n) is 8.64. The van der Waals surface area contributed by atoms with Crippen molar-refractivity contribution >= 4 is 22.5 Å². The number of anilines is 1. The molecule has 2 aromatic carbocycles. The molecule has 1 aliphatic carbocycles. The highest BCUT2D eigenvalue weighted by molar-refractivity contribution is 6.01. The number of alkyl halides is 3. The van der Waals surface area contributed by atoms with Gasteiger partial charge in [-0.05, 0) is 37.1 Å². The third kappa shape index (κ3) is 5.11. The van der Waals surface area contributed by atoms with Gasteiger partial charge in [0.15, 0.2) is 0 Å². The summed E-state index contributed by atoms with van der Waals surface area (Å²) in [6.45, 7) is -1.24. The predicted molar refractivity (Wildman–Crippen MR) is 94.2 cm³/mol. The number of ether oxygens (including phenoxy) is 1. The summed E-state index contributed by atoms with van der Waals surface area (Å²) in [6, 6.07) is 12.8. The molecule has 7 heteroatoms. The van der Waals surface area contributed by atoms with Gasteiger partial charge < -0.3 is 15.4 Å². The minimum atomic E-state index is -4.33. The number of nitrogens with one attached hydrogen (secondary N) is 2. The molecule has 0 heterocycles. The fraction of sp³-hybridized carbons (Fsp3) is 0.421. The maximum atomic E-state index is 12.3. The van der Waals surface area contributed by atoms with Crippen molar-refractivity contribution in [3.63, 3.8) is 0 Å². The van der Waals surface area contributed by atoms with Crippen LogP contribution >= 0.6 is 0 Å². The standard InChI is InChI=1S/C19H21F3N2O2/c20-19(21,22)12-26-15-8-4-7-14(11-15)23-18(25)24-17-10-3-6-13-5-1-2-9-16(13)17/h1-3,5-6,9-10,14-15H,4,7-8,11-12H2,(H2,23,24,25)/t14-,15+/m0/s1. The van der Waals surface area contributed by atoms with Gasteiger partial charge in [0.25, 0.3) is 0 Å². The number of hydrogen-bond donors (Lipinski definition) is 2. The molecule has 26 heavy (non-hydrogen) atoms. The van der Waals surface area contributed by atoms with Crippen molar-refractivity contribution in [2.45, 2.75) is 44.0 Å². The van der Waals surface area contributed by atoms with Crippen LogP contribution in [0.3, 0.4) is 0 Å². The lowest BCUT2D eigenvalue weighted by molar-refractivity contribution is -0.188. The molecule has 0 spiro atoms. The highest BCUT2D eigenvalue weighted by atomic mass is 19.4. The van der Waals surface area contributed by atoms with E-state index >= 15 is 0 Å². The average molecular weight is 366 g/mol. The van der Waals surface area contributed by atoms with E-state index in [9.17, 15) is 18.0 Å². The van der Waals surface area contributed by atoms with Crippen molar-refractivity contribution in [2.24, 2.45) is 0 Å². The molecule has 140 valence electrons. The lowest BCUT2D eigenvalue weighted by Crippen LogP contribution is -2.43. The van der Waals surface area contributed by atoms with E-state index in [2.05, 4.69) is 10.6 Å². The molecule has 1 saturated carbocycles. The second-order valence-electron chi connectivity index (χ2n) is 6.54. The molecule has 0 aliphatic heterocycles. The zero-order valence-electron chi connectivity index (χ0n) is 14.2. The summed E-state index contributed by atoms with van der Waals surface area (Å²) in [5, 5.41) is 7.63. The van der Waals surface area contributed by atoms with Gasteiger partial charge in [-0.15, -0.1) is 0 Å². The molecule has 2 atom stereocenters. The fourth-order valence-corrected chi connectivity index (χ4v) is 3.32. The van der Waals surface area contributed by atoms with E-state index in [1.807, 2.05) is 42.5 Å². The fourth-order valence-electron chi connectivity index (χ4n) is 3.32. The highest BCUT2D eigenvalue weighted by Crippen LogP contribution is 2.25. The third-order valence-corrected chi connectivity index (χ3v) is 4.48. The second kappa shape index (κ2) is 7.95. The third-order valence-electron chi connectivity index (χ3n) is 4.48. The van der Waals surface area contributed by atoms with Crippen molar-refractivity contribution in [3.05, 3.63) is 42.5 Å². The largest absolute Gasteiger partial charge is 0.411 e. The van der Waals surface area contributed by atoms with Gasteiger partial charge in [-0.1, -0.05) is 36.4 Å². The average Bonchev–Trinajstić information content (AvgIpc) is 2.60. The first-order chi connectivity index (χ1) is 12.4. The monoisotopic (exact) mass is 366 g/mol. The van der Waals surface area contributed by atoms with Gasteiger partial charge in [-0.3, -0.25) is 0 Å². The van der Waals surface area contributed by atoms with Crippen LogP contribution < -0.4 is 10.6 Å². The predicted octanol–water partition coefficient (Wildman–Crippen LogP) is 4.85. The van der Waals surface area contributed by atoms with Crippen LogP contribution in [0, 0.1) is 0 Å². The van der Waals surface area contributed by atoms with E-state index in [1.54, 1.807) is 0 Å². The van der Waals surface area contributed by atoms with Gasteiger partial charge in [0, 0.05) is 11.4 Å². The summed E-state index contributed by atoms with van der Waals surface area (Å²) in [5.74, 6) is 0. The van der Waals surface area contributed by atoms with Crippen LogP contribution in [0.15, 0.2) is 42.5 Å². The Morgan fingerprint density at radius 1 is 1.12 bits per heavy atom. The van der Waals surface area contributed by atoms with E-state index in [1.165, 1.54) is 0 Å². The first kappa shape index (κ1) is 18.5. The summed E-state index contributed by atoms with van der Waals surface area (Å²) in [7, 11) is 0. The van der Waals surface area contributed by atoms with Crippen molar-refractivity contribution in [2.75, 3.05) is 11.9 Å². The van der Waals surface area contributed by atoms with Crippen molar-refractivity contribution < 1.29 is 22.7 Å². The van der Waals surface area contributed by atoms with Crippen molar-refractivity contribution in [1.29, 1.82) is 0 Å². The minimum Gasteiger partial charge on any atom is -0.369 e. The van der Waals surface area contributed by atoms with Gasteiger partial charge >= 0.3 is 12.2 Å². The van der Waals surface area contributed by atoms with E-state index in [0.29, 0.717) is 18.5 Å². The number of benzene rings is 2. The van der Waals surface area contributed by atoms with Crippen LogP contribution in [0.2, 0.25) is 0 Å². The molecule has 2 N–H and O–H groups in total. The molecular weight excluding hydrogens is 345 g/mol. The van der Waals surface area contributed by atoms with Gasteiger partial charge in [-0.2, -0.15) is 13.2 Å². The van der Waals surface area contributed by atoms with Crippen LogP contribution in [-0.4, -0.2) is 31.0 Å². The Morgan fingerprint density at radius 3 is 2.69 bits per heavy atom. The summed E-state index contributed by atoms with van der Waals surface area (Å²) in [6.07, 6.45) is -2.38. The van der Waals surface area contributed by atoms with Crippen LogP contribution in [0.1, 0.15) is 25.7 Å². The molecular formula is C19H21F3N2O2. The van der Waals surface area contributed by atoms with Gasteiger partial charge in [0.1, 0.15) is 6.61 Å².